The molecule has 2 aromatic heterocycles. The number of rotatable bonds is 6. The van der Waals surface area contributed by atoms with E-state index in [4.69, 9.17) is 4.98 Å². The quantitative estimate of drug-likeness (QED) is 0.241. The number of carbonyl (C=O) groups is 1. The highest BCUT2D eigenvalue weighted by Gasteiger charge is 2.32. The molecule has 0 saturated carbocycles. The Labute approximate surface area is 262 Å². The van der Waals surface area contributed by atoms with Gasteiger partial charge >= 0.3 is 0 Å². The van der Waals surface area contributed by atoms with Crippen molar-refractivity contribution >= 4 is 66.2 Å². The molecule has 0 radical (unpaired) electrons. The molecule has 1 N–H and O–H groups in total. The Morgan fingerprint density at radius 2 is 1.71 bits per heavy atom. The zero-order valence-electron chi connectivity index (χ0n) is 24.3. The first-order chi connectivity index (χ1) is 19.6. The second kappa shape index (κ2) is 12.3. The molecule has 0 bridgehead atoms. The largest absolute Gasteiger partial charge is 0.313 e. The van der Waals surface area contributed by atoms with Crippen LogP contribution in [0, 0.1) is 11.8 Å². The summed E-state index contributed by atoms with van der Waals surface area (Å²) in [5, 5.41) is 4.90. The van der Waals surface area contributed by atoms with Gasteiger partial charge < -0.3 is 5.32 Å². The smallest absolute Gasteiger partial charge is 0.256 e. The van der Waals surface area contributed by atoms with Gasteiger partial charge in [-0.25, -0.2) is 13.4 Å². The number of sulfonamides is 1. The minimum atomic E-state index is -3.61. The molecule has 2 aliphatic rings. The molecule has 2 atom stereocenters. The third-order valence-electron chi connectivity index (χ3n) is 8.14. The molecule has 4 heterocycles. The van der Waals surface area contributed by atoms with E-state index in [-0.39, 0.29) is 23.2 Å². The van der Waals surface area contributed by atoms with Gasteiger partial charge in [0.15, 0.2) is 0 Å². The molecule has 1 saturated heterocycles. The number of nitrogens with one attached hydrogen (secondary N) is 1. The minimum Gasteiger partial charge on any atom is -0.313 e. The third kappa shape index (κ3) is 6.02. The van der Waals surface area contributed by atoms with Crippen molar-refractivity contribution in [1.82, 2.24) is 14.2 Å². The van der Waals surface area contributed by atoms with Crippen molar-refractivity contribution in [3.63, 3.8) is 0 Å². The highest BCUT2D eigenvalue weighted by molar-refractivity contribution is 7.89. The molecule has 42 heavy (non-hydrogen) atoms. The number of aromatic nitrogens is 1. The SMILES string of the molecule is CC1CC(C)CN(S(=O)(=O)c2ccc(C(=O)Nc3sc4c(c3-c3nc5ccccc5s3)CCN(C(C)C)C4)cc2)C1.Cl. The lowest BCUT2D eigenvalue weighted by atomic mass is 9.94. The number of amides is 1. The van der Waals surface area contributed by atoms with Crippen LogP contribution in [0.1, 0.15) is 54.9 Å². The Morgan fingerprint density at radius 3 is 2.38 bits per heavy atom. The molecule has 6 rings (SSSR count). The number of benzene rings is 2. The number of hydrogen-bond acceptors (Lipinski definition) is 7. The van der Waals surface area contributed by atoms with E-state index in [1.165, 1.54) is 10.4 Å². The highest BCUT2D eigenvalue weighted by Crippen LogP contribution is 2.46. The van der Waals surface area contributed by atoms with Gasteiger partial charge in [-0.05, 0) is 80.5 Å². The van der Waals surface area contributed by atoms with Crippen LogP contribution in [0.2, 0.25) is 0 Å². The van der Waals surface area contributed by atoms with Gasteiger partial charge in [-0.3, -0.25) is 9.69 Å². The summed E-state index contributed by atoms with van der Waals surface area (Å²) in [6, 6.07) is 14.9. The Bertz CT molecular complexity index is 1650. The number of carbonyl (C=O) groups excluding carboxylic acids is 1. The monoisotopic (exact) mass is 644 g/mol. The number of hydrogen-bond donors (Lipinski definition) is 1. The summed E-state index contributed by atoms with van der Waals surface area (Å²) in [5.74, 6) is 0.399. The van der Waals surface area contributed by atoms with Crippen LogP contribution in [0.3, 0.4) is 0 Å². The molecule has 0 aliphatic carbocycles. The average Bonchev–Trinajstić information content (AvgIpc) is 3.52. The van der Waals surface area contributed by atoms with Gasteiger partial charge in [0.2, 0.25) is 10.0 Å². The maximum Gasteiger partial charge on any atom is 0.256 e. The fraction of sp³-hybridized carbons (Fsp3) is 0.419. The molecule has 0 spiro atoms. The molecule has 11 heteroatoms. The summed E-state index contributed by atoms with van der Waals surface area (Å²) in [5.41, 5.74) is 3.68. The number of piperidine rings is 1. The number of para-hydroxylation sites is 1. The molecule has 2 aromatic carbocycles. The van der Waals surface area contributed by atoms with Gasteiger partial charge in [0.05, 0.1) is 15.1 Å². The molecular formula is C31H37ClN4O3S3. The summed E-state index contributed by atoms with van der Waals surface area (Å²) in [7, 11) is -3.61. The van der Waals surface area contributed by atoms with E-state index in [0.29, 0.717) is 36.5 Å². The number of anilines is 1. The Morgan fingerprint density at radius 1 is 1.02 bits per heavy atom. The second-order valence-corrected chi connectivity index (χ2v) is 15.8. The van der Waals surface area contributed by atoms with Crippen molar-refractivity contribution in [3.8, 4) is 10.6 Å². The second-order valence-electron chi connectivity index (χ2n) is 11.8. The number of thiophene rings is 1. The average molecular weight is 645 g/mol. The summed E-state index contributed by atoms with van der Waals surface area (Å²) in [6.45, 7) is 11.5. The predicted octanol–water partition coefficient (Wildman–Crippen LogP) is 7.13. The van der Waals surface area contributed by atoms with E-state index >= 15 is 0 Å². The van der Waals surface area contributed by atoms with E-state index in [2.05, 4.69) is 44.0 Å². The van der Waals surface area contributed by atoms with E-state index < -0.39 is 10.0 Å². The fourth-order valence-corrected chi connectivity index (χ4v) is 10.1. The van der Waals surface area contributed by atoms with E-state index in [1.807, 2.05) is 18.2 Å². The lowest BCUT2D eigenvalue weighted by Crippen LogP contribution is -2.42. The zero-order valence-corrected chi connectivity index (χ0v) is 27.6. The van der Waals surface area contributed by atoms with E-state index in [9.17, 15) is 13.2 Å². The van der Waals surface area contributed by atoms with Crippen molar-refractivity contribution < 1.29 is 13.2 Å². The molecule has 2 unspecified atom stereocenters. The number of thiazole rings is 1. The normalized spacial score (nSPS) is 19.9. The maximum atomic E-state index is 13.5. The maximum absolute atomic E-state index is 13.5. The highest BCUT2D eigenvalue weighted by atomic mass is 35.5. The molecule has 1 amide bonds. The van der Waals surface area contributed by atoms with Crippen LogP contribution >= 0.6 is 35.1 Å². The summed E-state index contributed by atoms with van der Waals surface area (Å²) in [6.07, 6.45) is 1.94. The van der Waals surface area contributed by atoms with Crippen LogP contribution in [0.25, 0.3) is 20.8 Å². The predicted molar refractivity (Wildman–Crippen MR) is 176 cm³/mol. The Balaban J connectivity index is 0.00000353. The lowest BCUT2D eigenvalue weighted by Gasteiger charge is -2.34. The van der Waals surface area contributed by atoms with Crippen LogP contribution in [0.5, 0.6) is 0 Å². The lowest BCUT2D eigenvalue weighted by molar-refractivity contribution is 0.102. The Kier molecular flexibility index (Phi) is 9.14. The van der Waals surface area contributed by atoms with Gasteiger partial charge in [-0.2, -0.15) is 4.31 Å². The van der Waals surface area contributed by atoms with Crippen molar-refractivity contribution in [1.29, 1.82) is 0 Å². The first-order valence-corrected chi connectivity index (χ1v) is 17.3. The van der Waals surface area contributed by atoms with Crippen LogP contribution < -0.4 is 5.32 Å². The van der Waals surface area contributed by atoms with Crippen molar-refractivity contribution in [2.45, 2.75) is 58.0 Å². The summed E-state index contributed by atoms with van der Waals surface area (Å²) in [4.78, 5) is 22.4. The minimum absolute atomic E-state index is 0. The van der Waals surface area contributed by atoms with Gasteiger partial charge in [-0.1, -0.05) is 26.0 Å². The molecule has 7 nitrogen and oxygen atoms in total. The van der Waals surface area contributed by atoms with Gasteiger partial charge in [0.1, 0.15) is 10.0 Å². The molecule has 224 valence electrons. The third-order valence-corrected chi connectivity index (χ3v) is 12.2. The molecule has 4 aromatic rings. The van der Waals surface area contributed by atoms with Crippen molar-refractivity contribution in [2.75, 3.05) is 25.0 Å². The van der Waals surface area contributed by atoms with Gasteiger partial charge in [0.25, 0.3) is 5.91 Å². The molecule has 2 aliphatic heterocycles. The number of halogens is 1. The molecule has 1 fully saturated rings. The molecular weight excluding hydrogens is 608 g/mol. The van der Waals surface area contributed by atoms with Crippen LogP contribution in [-0.4, -0.2) is 54.2 Å². The number of fused-ring (bicyclic) bond motifs is 2. The first kappa shape index (κ1) is 31.1. The zero-order chi connectivity index (χ0) is 28.9. The van der Waals surface area contributed by atoms with Gasteiger partial charge in [-0.15, -0.1) is 35.1 Å². The first-order valence-electron chi connectivity index (χ1n) is 14.3. The van der Waals surface area contributed by atoms with Gasteiger partial charge in [0, 0.05) is 48.2 Å². The Hall–Kier alpha value is -2.34. The van der Waals surface area contributed by atoms with Crippen molar-refractivity contribution in [2.24, 2.45) is 11.8 Å². The van der Waals surface area contributed by atoms with Crippen LogP contribution in [-0.2, 0) is 23.0 Å². The standard InChI is InChI=1S/C31H36N4O3S3.ClH/c1-19(2)34-14-13-24-27(18-34)40-31(28(24)30-32-25-7-5-6-8-26(25)39-30)33-29(36)22-9-11-23(12-10-22)41(37,38)35-16-20(3)15-21(4)17-35;/h5-12,19-21H,13-18H2,1-4H3,(H,33,36);1H. The van der Waals surface area contributed by atoms with Crippen molar-refractivity contribution in [3.05, 3.63) is 64.5 Å². The van der Waals surface area contributed by atoms with E-state index in [0.717, 1.165) is 51.7 Å². The fourth-order valence-electron chi connectivity index (χ4n) is 6.06. The summed E-state index contributed by atoms with van der Waals surface area (Å²) >= 11 is 3.28. The van der Waals surface area contributed by atoms with Crippen LogP contribution in [0.4, 0.5) is 5.00 Å². The summed E-state index contributed by atoms with van der Waals surface area (Å²) < 4.78 is 29.4. The number of nitrogens with zero attached hydrogens (tertiary/aromatic N) is 3. The van der Waals surface area contributed by atoms with Crippen LogP contribution in [0.15, 0.2) is 53.4 Å². The van der Waals surface area contributed by atoms with E-state index in [1.54, 1.807) is 51.2 Å². The topological polar surface area (TPSA) is 82.6 Å².